The molecule has 0 radical (unpaired) electrons. The molecular weight excluding hydrogens is 422 g/mol. The fourth-order valence-electron chi connectivity index (χ4n) is 5.78. The van der Waals surface area contributed by atoms with Crippen LogP contribution < -0.4 is 10.1 Å². The third-order valence-corrected chi connectivity index (χ3v) is 6.89. The average molecular weight is 450 g/mol. The Balaban J connectivity index is 1.14. The first-order valence-corrected chi connectivity index (χ1v) is 11.1. The number of amides is 1. The molecule has 0 heterocycles. The molecule has 4 aliphatic rings. The highest BCUT2D eigenvalue weighted by Crippen LogP contribution is 2.55. The largest absolute Gasteiger partial charge is 0.494 e. The van der Waals surface area contributed by atoms with E-state index in [4.69, 9.17) is 9.47 Å². The molecule has 1 aromatic rings. The van der Waals surface area contributed by atoms with Gasteiger partial charge in [-0.15, -0.1) is 0 Å². The summed E-state index contributed by atoms with van der Waals surface area (Å²) in [4.78, 5) is 24.3. The van der Waals surface area contributed by atoms with Crippen molar-refractivity contribution in [1.82, 2.24) is 5.32 Å². The van der Waals surface area contributed by atoms with E-state index in [1.807, 2.05) is 24.3 Å². The highest BCUT2D eigenvalue weighted by Gasteiger charge is 2.51. The van der Waals surface area contributed by atoms with Crippen LogP contribution >= 0.6 is 15.9 Å². The van der Waals surface area contributed by atoms with Gasteiger partial charge in [0, 0.05) is 16.4 Å². The fourth-order valence-corrected chi connectivity index (χ4v) is 6.16. The molecule has 5 nitrogen and oxygen atoms in total. The number of hydrogen-bond acceptors (Lipinski definition) is 4. The maximum absolute atomic E-state index is 12.4. The van der Waals surface area contributed by atoms with Crippen LogP contribution in [-0.4, -0.2) is 30.6 Å². The molecule has 0 aliphatic heterocycles. The van der Waals surface area contributed by atoms with E-state index in [9.17, 15) is 9.59 Å². The molecule has 1 aromatic carbocycles. The molecule has 0 spiro atoms. The predicted molar refractivity (Wildman–Crippen MR) is 109 cm³/mol. The summed E-state index contributed by atoms with van der Waals surface area (Å²) in [6.45, 7) is 0.262. The van der Waals surface area contributed by atoms with Crippen molar-refractivity contribution in [1.29, 1.82) is 0 Å². The average Bonchev–Trinajstić information content (AvgIpc) is 2.62. The Morgan fingerprint density at radius 3 is 2.43 bits per heavy atom. The van der Waals surface area contributed by atoms with Gasteiger partial charge in [0.05, 0.1) is 6.61 Å². The topological polar surface area (TPSA) is 64.6 Å². The third-order valence-electron chi connectivity index (χ3n) is 6.40. The van der Waals surface area contributed by atoms with Gasteiger partial charge in [0.15, 0.2) is 6.61 Å². The Kier molecular flexibility index (Phi) is 5.95. The van der Waals surface area contributed by atoms with Gasteiger partial charge < -0.3 is 14.8 Å². The number of hydrogen-bond donors (Lipinski definition) is 1. The molecule has 28 heavy (non-hydrogen) atoms. The molecule has 4 bridgehead atoms. The van der Waals surface area contributed by atoms with Gasteiger partial charge in [-0.2, -0.15) is 0 Å². The Hall–Kier alpha value is -1.56. The van der Waals surface area contributed by atoms with E-state index in [2.05, 4.69) is 21.2 Å². The molecule has 4 saturated carbocycles. The van der Waals surface area contributed by atoms with Gasteiger partial charge in [0.1, 0.15) is 5.75 Å². The van der Waals surface area contributed by atoms with E-state index >= 15 is 0 Å². The van der Waals surface area contributed by atoms with Gasteiger partial charge in [0.2, 0.25) is 0 Å². The second kappa shape index (κ2) is 8.44. The number of rotatable bonds is 8. The minimum Gasteiger partial charge on any atom is -0.494 e. The van der Waals surface area contributed by atoms with Crippen LogP contribution in [0.5, 0.6) is 5.75 Å². The van der Waals surface area contributed by atoms with E-state index in [-0.39, 0.29) is 30.4 Å². The molecule has 6 heteroatoms. The lowest BCUT2D eigenvalue weighted by atomic mass is 9.53. The van der Waals surface area contributed by atoms with E-state index in [1.165, 1.54) is 19.3 Å². The minimum absolute atomic E-state index is 0.0317. The van der Waals surface area contributed by atoms with E-state index in [1.54, 1.807) is 0 Å². The molecule has 0 saturated heterocycles. The van der Waals surface area contributed by atoms with Crippen molar-refractivity contribution in [2.45, 2.75) is 56.9 Å². The molecule has 4 aliphatic carbocycles. The Labute approximate surface area is 174 Å². The van der Waals surface area contributed by atoms with Crippen molar-refractivity contribution < 1.29 is 19.1 Å². The molecule has 1 N–H and O–H groups in total. The lowest BCUT2D eigenvalue weighted by molar-refractivity contribution is -0.150. The summed E-state index contributed by atoms with van der Waals surface area (Å²) < 4.78 is 11.7. The lowest BCUT2D eigenvalue weighted by Crippen LogP contribution is -2.60. The molecule has 0 aromatic heterocycles. The zero-order chi connectivity index (χ0) is 19.6. The molecule has 1 amide bonds. The van der Waals surface area contributed by atoms with E-state index in [0.29, 0.717) is 13.0 Å². The zero-order valence-electron chi connectivity index (χ0n) is 16.1. The van der Waals surface area contributed by atoms with Crippen LogP contribution in [0.15, 0.2) is 28.7 Å². The summed E-state index contributed by atoms with van der Waals surface area (Å²) in [5, 5.41) is 3.23. The number of carbonyl (C=O) groups is 2. The van der Waals surface area contributed by atoms with Crippen molar-refractivity contribution >= 4 is 27.8 Å². The number of nitrogens with one attached hydrogen (secondary N) is 1. The third kappa shape index (κ3) is 4.88. The zero-order valence-corrected chi connectivity index (χ0v) is 17.7. The van der Waals surface area contributed by atoms with Crippen LogP contribution in [0.2, 0.25) is 0 Å². The summed E-state index contributed by atoms with van der Waals surface area (Å²) in [5.41, 5.74) is -0.0317. The highest BCUT2D eigenvalue weighted by molar-refractivity contribution is 9.10. The van der Waals surface area contributed by atoms with Crippen molar-refractivity contribution in [2.24, 2.45) is 17.8 Å². The van der Waals surface area contributed by atoms with Gasteiger partial charge in [0.25, 0.3) is 5.91 Å². The van der Waals surface area contributed by atoms with Gasteiger partial charge >= 0.3 is 5.97 Å². The normalized spacial score (nSPS) is 30.1. The summed E-state index contributed by atoms with van der Waals surface area (Å²) in [6.07, 6.45) is 8.13. The molecule has 4 fully saturated rings. The van der Waals surface area contributed by atoms with Crippen LogP contribution in [0.25, 0.3) is 0 Å². The van der Waals surface area contributed by atoms with Crippen LogP contribution in [0.1, 0.15) is 51.4 Å². The summed E-state index contributed by atoms with van der Waals surface area (Å²) in [7, 11) is 0. The lowest BCUT2D eigenvalue weighted by Gasteiger charge is -2.56. The Bertz CT molecular complexity index is 700. The van der Waals surface area contributed by atoms with Crippen molar-refractivity contribution in [2.75, 3.05) is 13.2 Å². The molecule has 0 unspecified atom stereocenters. The number of esters is 1. The maximum Gasteiger partial charge on any atom is 0.306 e. The van der Waals surface area contributed by atoms with Gasteiger partial charge in [-0.1, -0.05) is 22.0 Å². The number of carbonyl (C=O) groups excluding carboxylic acids is 2. The van der Waals surface area contributed by atoms with Crippen molar-refractivity contribution in [3.8, 4) is 5.75 Å². The Morgan fingerprint density at radius 2 is 1.79 bits per heavy atom. The van der Waals surface area contributed by atoms with Crippen LogP contribution in [-0.2, 0) is 14.3 Å². The summed E-state index contributed by atoms with van der Waals surface area (Å²) in [6, 6.07) is 7.58. The van der Waals surface area contributed by atoms with Crippen molar-refractivity contribution in [3.05, 3.63) is 28.7 Å². The second-order valence-corrected chi connectivity index (χ2v) is 9.73. The number of ether oxygens (including phenoxy) is 2. The molecule has 5 rings (SSSR count). The number of halogens is 1. The Morgan fingerprint density at radius 1 is 1.11 bits per heavy atom. The maximum atomic E-state index is 12.4. The van der Waals surface area contributed by atoms with E-state index in [0.717, 1.165) is 47.2 Å². The first-order chi connectivity index (χ1) is 13.5. The highest BCUT2D eigenvalue weighted by atomic mass is 79.9. The molecule has 152 valence electrons. The second-order valence-electron chi connectivity index (χ2n) is 8.82. The first kappa shape index (κ1) is 19.7. The van der Waals surface area contributed by atoms with Crippen LogP contribution in [0.3, 0.4) is 0 Å². The van der Waals surface area contributed by atoms with Crippen LogP contribution in [0, 0.1) is 17.8 Å². The number of benzene rings is 1. The quantitative estimate of drug-likeness (QED) is 0.476. The molecular formula is C22H28BrNO4. The van der Waals surface area contributed by atoms with Gasteiger partial charge in [-0.25, -0.2) is 0 Å². The summed E-state index contributed by atoms with van der Waals surface area (Å²) in [5.74, 6) is 2.59. The molecule has 0 atom stereocenters. The first-order valence-electron chi connectivity index (χ1n) is 10.3. The predicted octanol–water partition coefficient (Wildman–Crippen LogP) is 4.24. The fraction of sp³-hybridized carbons (Fsp3) is 0.636. The van der Waals surface area contributed by atoms with Gasteiger partial charge in [-0.3, -0.25) is 9.59 Å². The summed E-state index contributed by atoms with van der Waals surface area (Å²) >= 11 is 3.39. The van der Waals surface area contributed by atoms with Crippen LogP contribution in [0.4, 0.5) is 0 Å². The SMILES string of the molecule is O=C(COC(=O)CCCOc1cccc(Br)c1)NC12CC3CC(CC(C3)C1)C2. The van der Waals surface area contributed by atoms with Crippen molar-refractivity contribution in [3.63, 3.8) is 0 Å². The van der Waals surface area contributed by atoms with E-state index < -0.39 is 0 Å². The smallest absolute Gasteiger partial charge is 0.306 e. The standard InChI is InChI=1S/C22H28BrNO4/c23-18-3-1-4-19(10-18)27-6-2-5-21(26)28-14-20(25)24-22-11-15-7-16(12-22)9-17(8-15)13-22/h1,3-4,10,15-17H,2,5-9,11-14H2,(H,24,25). The minimum atomic E-state index is -0.349. The van der Waals surface area contributed by atoms with Gasteiger partial charge in [-0.05, 0) is 80.9 Å². The monoisotopic (exact) mass is 449 g/mol.